The Balaban J connectivity index is 1.80. The molecule has 140 valence electrons. The summed E-state index contributed by atoms with van der Waals surface area (Å²) in [4.78, 5) is 11.8. The Bertz CT molecular complexity index is 975. The van der Waals surface area contributed by atoms with Gasteiger partial charge in [0.25, 0.3) is 0 Å². The summed E-state index contributed by atoms with van der Waals surface area (Å²) in [6.07, 6.45) is 0. The molecule has 6 nitrogen and oxygen atoms in total. The molecule has 1 aromatic heterocycles. The molecule has 3 rings (SSSR count). The number of H-pyrrole nitrogens is 1. The fourth-order valence-corrected chi connectivity index (χ4v) is 2.35. The van der Waals surface area contributed by atoms with Crippen molar-refractivity contribution in [3.8, 4) is 17.0 Å². The molecule has 2 aromatic carbocycles. The molecule has 1 N–H and O–H groups in total. The summed E-state index contributed by atoms with van der Waals surface area (Å²) in [5.41, 5.74) is 0.273. The van der Waals surface area contributed by atoms with Crippen LogP contribution in [0, 0.1) is 17.5 Å². The first kappa shape index (κ1) is 18.4. The van der Waals surface area contributed by atoms with Gasteiger partial charge in [0, 0.05) is 11.1 Å². The molecule has 1 heterocycles. The van der Waals surface area contributed by atoms with Crippen molar-refractivity contribution in [3.05, 3.63) is 65.1 Å². The van der Waals surface area contributed by atoms with Gasteiger partial charge < -0.3 is 9.47 Å². The van der Waals surface area contributed by atoms with Gasteiger partial charge in [0.05, 0.1) is 6.61 Å². The molecule has 0 bridgehead atoms. The molecule has 3 aromatic rings. The van der Waals surface area contributed by atoms with Crippen LogP contribution in [0.2, 0.25) is 0 Å². The van der Waals surface area contributed by atoms with E-state index >= 15 is 0 Å². The summed E-state index contributed by atoms with van der Waals surface area (Å²) < 4.78 is 51.2. The van der Waals surface area contributed by atoms with Crippen LogP contribution in [0.25, 0.3) is 11.3 Å². The van der Waals surface area contributed by atoms with E-state index in [4.69, 9.17) is 9.47 Å². The summed E-state index contributed by atoms with van der Waals surface area (Å²) in [5, 5.41) is 9.85. The quantitative estimate of drug-likeness (QED) is 0.664. The van der Waals surface area contributed by atoms with Gasteiger partial charge in [-0.1, -0.05) is 0 Å². The van der Waals surface area contributed by atoms with Gasteiger partial charge in [-0.05, 0) is 43.3 Å². The molecule has 0 atom stereocenters. The number of esters is 1. The average Bonchev–Trinajstić information content (AvgIpc) is 3.13. The minimum atomic E-state index is -0.762. The van der Waals surface area contributed by atoms with Gasteiger partial charge in [0.1, 0.15) is 23.9 Å². The predicted molar refractivity (Wildman–Crippen MR) is 88.4 cm³/mol. The maximum atomic E-state index is 14.3. The SMILES string of the molecule is CCOC(=O)c1n[nH]nc1-c1ccc(OCc2cc(F)ccc2F)c(F)c1. The Hall–Kier alpha value is -3.36. The largest absolute Gasteiger partial charge is 0.486 e. The predicted octanol–water partition coefficient (Wildman–Crippen LogP) is 3.64. The second-order valence-corrected chi connectivity index (χ2v) is 5.41. The van der Waals surface area contributed by atoms with Crippen LogP contribution in [0.1, 0.15) is 23.0 Å². The molecule has 0 radical (unpaired) electrons. The number of carbonyl (C=O) groups excluding carboxylic acids is 1. The third kappa shape index (κ3) is 4.08. The highest BCUT2D eigenvalue weighted by molar-refractivity contribution is 5.93. The van der Waals surface area contributed by atoms with Crippen molar-refractivity contribution in [3.63, 3.8) is 0 Å². The van der Waals surface area contributed by atoms with E-state index in [2.05, 4.69) is 15.4 Å². The molecule has 0 aliphatic rings. The maximum absolute atomic E-state index is 14.3. The van der Waals surface area contributed by atoms with Gasteiger partial charge in [-0.25, -0.2) is 18.0 Å². The van der Waals surface area contributed by atoms with Crippen molar-refractivity contribution in [2.75, 3.05) is 6.61 Å². The van der Waals surface area contributed by atoms with Crippen LogP contribution in [-0.2, 0) is 11.3 Å². The van der Waals surface area contributed by atoms with E-state index in [-0.39, 0.29) is 41.5 Å². The van der Waals surface area contributed by atoms with Crippen molar-refractivity contribution < 1.29 is 27.4 Å². The van der Waals surface area contributed by atoms with Gasteiger partial charge >= 0.3 is 5.97 Å². The Labute approximate surface area is 151 Å². The van der Waals surface area contributed by atoms with E-state index in [9.17, 15) is 18.0 Å². The first-order valence-corrected chi connectivity index (χ1v) is 7.94. The smallest absolute Gasteiger partial charge is 0.361 e. The lowest BCUT2D eigenvalue weighted by atomic mass is 10.1. The minimum Gasteiger partial charge on any atom is -0.486 e. The molecule has 0 aliphatic carbocycles. The summed E-state index contributed by atoms with van der Waals surface area (Å²) in [6, 6.07) is 6.77. The van der Waals surface area contributed by atoms with E-state index < -0.39 is 23.4 Å². The van der Waals surface area contributed by atoms with Gasteiger partial charge in [-0.3, -0.25) is 0 Å². The van der Waals surface area contributed by atoms with E-state index in [0.29, 0.717) is 0 Å². The van der Waals surface area contributed by atoms with Crippen molar-refractivity contribution in [1.29, 1.82) is 0 Å². The molecule has 0 spiro atoms. The lowest BCUT2D eigenvalue weighted by Gasteiger charge is -2.09. The zero-order valence-electron chi connectivity index (χ0n) is 14.1. The van der Waals surface area contributed by atoms with Crippen molar-refractivity contribution in [2.45, 2.75) is 13.5 Å². The highest BCUT2D eigenvalue weighted by Gasteiger charge is 2.20. The number of benzene rings is 2. The zero-order chi connectivity index (χ0) is 19.4. The number of nitrogens with one attached hydrogen (secondary N) is 1. The van der Waals surface area contributed by atoms with Crippen LogP contribution in [0.15, 0.2) is 36.4 Å². The Kier molecular flexibility index (Phi) is 5.39. The van der Waals surface area contributed by atoms with Crippen LogP contribution in [0.4, 0.5) is 13.2 Å². The number of aromatic nitrogens is 3. The summed E-state index contributed by atoms with van der Waals surface area (Å²) in [5.74, 6) is -2.90. The first-order chi connectivity index (χ1) is 13.0. The molecule has 0 aliphatic heterocycles. The van der Waals surface area contributed by atoms with Crippen LogP contribution in [0.3, 0.4) is 0 Å². The number of ether oxygens (including phenoxy) is 2. The van der Waals surface area contributed by atoms with Crippen molar-refractivity contribution in [2.24, 2.45) is 0 Å². The Morgan fingerprint density at radius 2 is 1.89 bits per heavy atom. The Morgan fingerprint density at radius 1 is 1.07 bits per heavy atom. The molecule has 27 heavy (non-hydrogen) atoms. The highest BCUT2D eigenvalue weighted by atomic mass is 19.1. The molecular weight excluding hydrogens is 363 g/mol. The number of nitrogens with zero attached hydrogens (tertiary/aromatic N) is 2. The fraction of sp³-hybridized carbons (Fsp3) is 0.167. The van der Waals surface area contributed by atoms with Crippen LogP contribution < -0.4 is 4.74 Å². The number of carbonyl (C=O) groups is 1. The van der Waals surface area contributed by atoms with E-state index in [1.165, 1.54) is 12.1 Å². The third-order valence-electron chi connectivity index (χ3n) is 3.61. The standard InChI is InChI=1S/C18H14F3N3O3/c1-2-26-18(25)17-16(22-24-23-17)10-3-6-15(14(21)8-10)27-9-11-7-12(19)4-5-13(11)20/h3-8H,2,9H2,1H3,(H,22,23,24). The topological polar surface area (TPSA) is 77.1 Å². The summed E-state index contributed by atoms with van der Waals surface area (Å²) in [6.45, 7) is 1.45. The lowest BCUT2D eigenvalue weighted by molar-refractivity contribution is 0.0520. The fourth-order valence-electron chi connectivity index (χ4n) is 2.35. The number of rotatable bonds is 6. The molecule has 0 fully saturated rings. The first-order valence-electron chi connectivity index (χ1n) is 7.94. The van der Waals surface area contributed by atoms with E-state index in [1.807, 2.05) is 0 Å². The molecule has 0 amide bonds. The lowest BCUT2D eigenvalue weighted by Crippen LogP contribution is -2.07. The normalized spacial score (nSPS) is 10.7. The maximum Gasteiger partial charge on any atom is 0.361 e. The van der Waals surface area contributed by atoms with E-state index in [0.717, 1.165) is 24.3 Å². The highest BCUT2D eigenvalue weighted by Crippen LogP contribution is 2.27. The molecular formula is C18H14F3N3O3. The minimum absolute atomic E-state index is 0.0421. The average molecular weight is 377 g/mol. The van der Waals surface area contributed by atoms with Crippen LogP contribution in [0.5, 0.6) is 5.75 Å². The number of aromatic amines is 1. The van der Waals surface area contributed by atoms with Crippen molar-refractivity contribution >= 4 is 5.97 Å². The molecule has 0 saturated heterocycles. The van der Waals surface area contributed by atoms with E-state index in [1.54, 1.807) is 6.92 Å². The summed E-state index contributed by atoms with van der Waals surface area (Å²) in [7, 11) is 0. The van der Waals surface area contributed by atoms with Crippen molar-refractivity contribution in [1.82, 2.24) is 15.4 Å². The second-order valence-electron chi connectivity index (χ2n) is 5.41. The molecule has 0 saturated carbocycles. The number of hydrogen-bond donors (Lipinski definition) is 1. The van der Waals surface area contributed by atoms with Gasteiger partial charge in [0.15, 0.2) is 17.3 Å². The van der Waals surface area contributed by atoms with Gasteiger partial charge in [-0.15, -0.1) is 5.10 Å². The number of halogens is 3. The Morgan fingerprint density at radius 3 is 2.63 bits per heavy atom. The third-order valence-corrected chi connectivity index (χ3v) is 3.61. The van der Waals surface area contributed by atoms with Crippen LogP contribution in [-0.4, -0.2) is 28.0 Å². The molecule has 9 heteroatoms. The zero-order valence-corrected chi connectivity index (χ0v) is 14.1. The van der Waals surface area contributed by atoms with Gasteiger partial charge in [-0.2, -0.15) is 10.3 Å². The monoisotopic (exact) mass is 377 g/mol. The summed E-state index contributed by atoms with van der Waals surface area (Å²) >= 11 is 0. The number of hydrogen-bond acceptors (Lipinski definition) is 5. The van der Waals surface area contributed by atoms with Crippen LogP contribution >= 0.6 is 0 Å². The molecule has 0 unspecified atom stereocenters. The van der Waals surface area contributed by atoms with Gasteiger partial charge in [0.2, 0.25) is 0 Å². The second kappa shape index (κ2) is 7.90.